The van der Waals surface area contributed by atoms with E-state index in [1.165, 1.54) is 30.9 Å². The van der Waals surface area contributed by atoms with Gasteiger partial charge in [-0.05, 0) is 38.5 Å². The lowest BCUT2D eigenvalue weighted by molar-refractivity contribution is -0.137. The van der Waals surface area contributed by atoms with Crippen LogP contribution in [0.5, 0.6) is 0 Å². The molecule has 0 unspecified atom stereocenters. The molecule has 0 fully saturated rings. The van der Waals surface area contributed by atoms with E-state index in [4.69, 9.17) is 4.74 Å². The standard InChI is InChI=1S/C30H52N6O9/c1-10-45-25(40)14-12-21(11-13-24(39)36(8)9)33-28(42)22(15-17(2)3)34-30(44)26(18(4)5)35-27(41)19(6)31-29(43)23(16-37)32-20(7)38/h12,14,17-19,21-23,26,37H,10-11,13,15-16H2,1-9H3,(H,31,43)(H,32,38)(H,33,42)(H,34,44)(H,35,41)/b14-12+/t19-,21-,22-,23-,26-/m0/s1. The molecule has 0 aliphatic rings. The first kappa shape index (κ1) is 41.0. The molecule has 0 saturated carbocycles. The van der Waals surface area contributed by atoms with E-state index in [1.54, 1.807) is 34.9 Å². The minimum atomic E-state index is -1.26. The average molecular weight is 641 g/mol. The number of esters is 1. The highest BCUT2D eigenvalue weighted by Crippen LogP contribution is 2.10. The van der Waals surface area contributed by atoms with E-state index in [0.29, 0.717) is 0 Å². The van der Waals surface area contributed by atoms with Crippen LogP contribution < -0.4 is 26.6 Å². The highest BCUT2D eigenvalue weighted by Gasteiger charge is 2.32. The maximum Gasteiger partial charge on any atom is 0.330 e. The number of carbonyl (C=O) groups is 7. The Balaban J connectivity index is 5.77. The van der Waals surface area contributed by atoms with E-state index < -0.39 is 78.2 Å². The van der Waals surface area contributed by atoms with Crippen LogP contribution in [0, 0.1) is 11.8 Å². The normalized spacial score (nSPS) is 14.5. The Morgan fingerprint density at radius 3 is 1.89 bits per heavy atom. The quantitative estimate of drug-likeness (QED) is 0.0764. The number of hydrogen-bond acceptors (Lipinski definition) is 9. The molecule has 15 heteroatoms. The van der Waals surface area contributed by atoms with E-state index in [2.05, 4.69) is 26.6 Å². The molecule has 6 N–H and O–H groups in total. The molecule has 0 radical (unpaired) electrons. The van der Waals surface area contributed by atoms with Crippen LogP contribution in [0.25, 0.3) is 0 Å². The van der Waals surface area contributed by atoms with Crippen LogP contribution in [-0.4, -0.2) is 109 Å². The molecule has 6 amide bonds. The third-order valence-corrected chi connectivity index (χ3v) is 6.46. The fourth-order valence-electron chi connectivity index (χ4n) is 3.98. The molecule has 15 nitrogen and oxygen atoms in total. The van der Waals surface area contributed by atoms with Crippen molar-refractivity contribution in [1.29, 1.82) is 0 Å². The number of amides is 6. The topological polar surface area (TPSA) is 212 Å². The summed E-state index contributed by atoms with van der Waals surface area (Å²) in [5.74, 6) is -4.41. The molecule has 0 bridgehead atoms. The summed E-state index contributed by atoms with van der Waals surface area (Å²) in [6.07, 6.45) is 3.14. The second kappa shape index (κ2) is 20.9. The van der Waals surface area contributed by atoms with Crippen molar-refractivity contribution >= 4 is 41.4 Å². The predicted octanol–water partition coefficient (Wildman–Crippen LogP) is -0.868. The third kappa shape index (κ3) is 16.6. The van der Waals surface area contributed by atoms with Gasteiger partial charge in [0.25, 0.3) is 0 Å². The molecule has 0 rings (SSSR count). The highest BCUT2D eigenvalue weighted by molar-refractivity contribution is 5.95. The van der Waals surface area contributed by atoms with Crippen molar-refractivity contribution in [3.05, 3.63) is 12.2 Å². The first-order valence-electron chi connectivity index (χ1n) is 15.1. The van der Waals surface area contributed by atoms with Crippen LogP contribution in [0.15, 0.2) is 12.2 Å². The van der Waals surface area contributed by atoms with Crippen LogP contribution in [-0.2, 0) is 38.3 Å². The van der Waals surface area contributed by atoms with Crippen molar-refractivity contribution in [2.45, 2.75) is 97.9 Å². The van der Waals surface area contributed by atoms with E-state index in [1.807, 2.05) is 13.8 Å². The van der Waals surface area contributed by atoms with Gasteiger partial charge in [-0.3, -0.25) is 28.8 Å². The number of nitrogens with one attached hydrogen (secondary N) is 5. The van der Waals surface area contributed by atoms with Gasteiger partial charge in [-0.25, -0.2) is 4.79 Å². The maximum atomic E-state index is 13.4. The lowest BCUT2D eigenvalue weighted by atomic mass is 9.99. The van der Waals surface area contributed by atoms with E-state index >= 15 is 0 Å². The minimum Gasteiger partial charge on any atom is -0.463 e. The smallest absolute Gasteiger partial charge is 0.330 e. The van der Waals surface area contributed by atoms with Gasteiger partial charge in [-0.2, -0.15) is 0 Å². The largest absolute Gasteiger partial charge is 0.463 e. The van der Waals surface area contributed by atoms with Gasteiger partial charge >= 0.3 is 5.97 Å². The SMILES string of the molecule is CCOC(=O)/C=C/[C@H](CCC(=O)N(C)C)NC(=O)[C@H](CC(C)C)NC(=O)[C@@H](NC(=O)[C@H](C)NC(=O)[C@H](CO)NC(C)=O)C(C)C. The number of aliphatic hydroxyl groups is 1. The molecule has 0 aromatic carbocycles. The fraction of sp³-hybridized carbons (Fsp3) is 0.700. The van der Waals surface area contributed by atoms with Gasteiger partial charge in [-0.15, -0.1) is 0 Å². The molecule has 0 saturated heterocycles. The molecule has 5 atom stereocenters. The summed E-state index contributed by atoms with van der Waals surface area (Å²) in [5.41, 5.74) is 0. The van der Waals surface area contributed by atoms with Crippen molar-refractivity contribution in [2.24, 2.45) is 11.8 Å². The first-order chi connectivity index (χ1) is 20.9. The average Bonchev–Trinajstić information content (AvgIpc) is 2.94. The Hall–Kier alpha value is -4.01. The van der Waals surface area contributed by atoms with Crippen molar-refractivity contribution in [3.8, 4) is 0 Å². The summed E-state index contributed by atoms with van der Waals surface area (Å²) in [6.45, 7) is 10.8. The number of rotatable bonds is 19. The van der Waals surface area contributed by atoms with Gasteiger partial charge in [0.15, 0.2) is 0 Å². The van der Waals surface area contributed by atoms with E-state index in [9.17, 15) is 38.7 Å². The lowest BCUT2D eigenvalue weighted by Gasteiger charge is -2.28. The van der Waals surface area contributed by atoms with Crippen LogP contribution in [0.1, 0.15) is 67.7 Å². The van der Waals surface area contributed by atoms with Crippen molar-refractivity contribution < 1.29 is 43.4 Å². The fourth-order valence-corrected chi connectivity index (χ4v) is 3.98. The van der Waals surface area contributed by atoms with Crippen molar-refractivity contribution in [2.75, 3.05) is 27.3 Å². The first-order valence-corrected chi connectivity index (χ1v) is 15.1. The molecule has 0 aliphatic carbocycles. The van der Waals surface area contributed by atoms with Crippen LogP contribution >= 0.6 is 0 Å². The van der Waals surface area contributed by atoms with Gasteiger partial charge in [0.1, 0.15) is 24.2 Å². The summed E-state index contributed by atoms with van der Waals surface area (Å²) in [5, 5.41) is 22.1. The summed E-state index contributed by atoms with van der Waals surface area (Å²) in [6, 6.07) is -5.20. The molecule has 0 aromatic rings. The molecule has 0 spiro atoms. The van der Waals surface area contributed by atoms with Crippen LogP contribution in [0.3, 0.4) is 0 Å². The number of aliphatic hydroxyl groups excluding tert-OH is 1. The van der Waals surface area contributed by atoms with Crippen LogP contribution in [0.2, 0.25) is 0 Å². The predicted molar refractivity (Wildman–Crippen MR) is 166 cm³/mol. The third-order valence-electron chi connectivity index (χ3n) is 6.46. The second-order valence-corrected chi connectivity index (χ2v) is 11.6. The second-order valence-electron chi connectivity index (χ2n) is 11.6. The monoisotopic (exact) mass is 640 g/mol. The molecule has 0 aliphatic heterocycles. The summed E-state index contributed by atoms with van der Waals surface area (Å²) >= 11 is 0. The van der Waals surface area contributed by atoms with Gasteiger partial charge in [0.2, 0.25) is 35.4 Å². The maximum absolute atomic E-state index is 13.4. The Bertz CT molecular complexity index is 1060. The van der Waals surface area contributed by atoms with Gasteiger partial charge in [-0.1, -0.05) is 33.8 Å². The summed E-state index contributed by atoms with van der Waals surface area (Å²) in [4.78, 5) is 88.9. The molecular weight excluding hydrogens is 588 g/mol. The van der Waals surface area contributed by atoms with Crippen molar-refractivity contribution in [1.82, 2.24) is 31.5 Å². The minimum absolute atomic E-state index is 0.0182. The molecular formula is C30H52N6O9. The highest BCUT2D eigenvalue weighted by atomic mass is 16.5. The number of carbonyl (C=O) groups excluding carboxylic acids is 7. The van der Waals surface area contributed by atoms with Gasteiger partial charge < -0.3 is 41.3 Å². The number of nitrogens with zero attached hydrogens (tertiary/aromatic N) is 1. The zero-order chi connectivity index (χ0) is 34.9. The lowest BCUT2D eigenvalue weighted by Crippen LogP contribution is -2.59. The Morgan fingerprint density at radius 1 is 0.800 bits per heavy atom. The molecule has 0 aromatic heterocycles. The zero-order valence-corrected chi connectivity index (χ0v) is 27.9. The van der Waals surface area contributed by atoms with Crippen LogP contribution in [0.4, 0.5) is 0 Å². The van der Waals surface area contributed by atoms with E-state index in [0.717, 1.165) is 0 Å². The molecule has 256 valence electrons. The Morgan fingerprint density at radius 2 is 1.40 bits per heavy atom. The summed E-state index contributed by atoms with van der Waals surface area (Å²) < 4.78 is 4.91. The Kier molecular flexibility index (Phi) is 19.0. The Labute approximate surface area is 265 Å². The number of hydrogen-bond donors (Lipinski definition) is 6. The van der Waals surface area contributed by atoms with E-state index in [-0.39, 0.29) is 37.7 Å². The zero-order valence-electron chi connectivity index (χ0n) is 27.9. The number of ether oxygens (including phenoxy) is 1. The van der Waals surface area contributed by atoms with Crippen molar-refractivity contribution in [3.63, 3.8) is 0 Å². The van der Waals surface area contributed by atoms with Gasteiger partial charge in [0.05, 0.1) is 13.2 Å². The molecule has 45 heavy (non-hydrogen) atoms. The molecule has 0 heterocycles. The van der Waals surface area contributed by atoms with Gasteiger partial charge in [0, 0.05) is 39.6 Å². The summed E-state index contributed by atoms with van der Waals surface area (Å²) in [7, 11) is 3.21.